The largest absolute Gasteiger partial charge is 0.361 e. The summed E-state index contributed by atoms with van der Waals surface area (Å²) in [6, 6.07) is 0.300. The molecule has 142 valence electrons. The van der Waals surface area contributed by atoms with E-state index in [1.807, 2.05) is 18.5 Å². The Morgan fingerprint density at radius 2 is 2.19 bits per heavy atom. The van der Waals surface area contributed by atoms with Crippen molar-refractivity contribution in [1.82, 2.24) is 30.6 Å². The van der Waals surface area contributed by atoms with Gasteiger partial charge in [0.15, 0.2) is 11.8 Å². The van der Waals surface area contributed by atoms with Crippen LogP contribution < -0.4 is 10.6 Å². The summed E-state index contributed by atoms with van der Waals surface area (Å²) >= 11 is 0. The third kappa shape index (κ3) is 4.05. The van der Waals surface area contributed by atoms with Gasteiger partial charge < -0.3 is 15.2 Å². The Morgan fingerprint density at radius 3 is 2.85 bits per heavy atom. The normalized spacial score (nSPS) is 17.5. The van der Waals surface area contributed by atoms with E-state index in [9.17, 15) is 0 Å². The molecule has 0 spiro atoms. The van der Waals surface area contributed by atoms with E-state index >= 15 is 0 Å². The van der Waals surface area contributed by atoms with E-state index in [-0.39, 0.29) is 0 Å². The van der Waals surface area contributed by atoms with E-state index < -0.39 is 0 Å². The van der Waals surface area contributed by atoms with Crippen molar-refractivity contribution in [2.75, 3.05) is 13.6 Å². The fourth-order valence-electron chi connectivity index (χ4n) is 3.24. The van der Waals surface area contributed by atoms with Crippen molar-refractivity contribution in [3.8, 4) is 0 Å². The van der Waals surface area contributed by atoms with Gasteiger partial charge in [0.2, 0.25) is 0 Å². The van der Waals surface area contributed by atoms with E-state index in [4.69, 9.17) is 4.52 Å². The number of rotatable bonds is 5. The zero-order valence-electron chi connectivity index (χ0n) is 16.3. The molecule has 3 heterocycles. The molecule has 0 fully saturated rings. The van der Waals surface area contributed by atoms with Gasteiger partial charge in [-0.25, -0.2) is 9.67 Å². The number of hydrogen-bond donors (Lipinski definition) is 2. The maximum absolute atomic E-state index is 5.21. The topological polar surface area (TPSA) is 93.2 Å². The molecule has 1 aliphatic heterocycles. The number of guanidine groups is 1. The first-order chi connectivity index (χ1) is 12.5. The van der Waals surface area contributed by atoms with Gasteiger partial charge in [0.05, 0.1) is 12.2 Å². The maximum Gasteiger partial charge on any atom is 0.191 e. The minimum Gasteiger partial charge on any atom is -0.361 e. The molecule has 0 amide bonds. The summed E-state index contributed by atoms with van der Waals surface area (Å²) in [4.78, 5) is 8.99. The molecule has 0 bridgehead atoms. The van der Waals surface area contributed by atoms with Crippen LogP contribution in [0.25, 0.3) is 0 Å². The van der Waals surface area contributed by atoms with Crippen molar-refractivity contribution in [3.05, 3.63) is 28.7 Å². The molecule has 0 radical (unpaired) electrons. The Kier molecular flexibility index (Phi) is 5.58. The van der Waals surface area contributed by atoms with Gasteiger partial charge in [-0.1, -0.05) is 19.0 Å². The Labute approximate surface area is 154 Å². The highest BCUT2D eigenvalue weighted by Gasteiger charge is 2.23. The van der Waals surface area contributed by atoms with Crippen molar-refractivity contribution < 1.29 is 4.52 Å². The molecule has 0 aromatic carbocycles. The number of fused-ring (bicyclic) bond motifs is 1. The molecule has 2 N–H and O–H groups in total. The minimum atomic E-state index is 0.300. The molecule has 2 aromatic heterocycles. The average molecular weight is 359 g/mol. The summed E-state index contributed by atoms with van der Waals surface area (Å²) in [5.41, 5.74) is 2.12. The number of aryl methyl sites for hydroxylation is 3. The second-order valence-corrected chi connectivity index (χ2v) is 7.15. The van der Waals surface area contributed by atoms with Crippen molar-refractivity contribution in [1.29, 1.82) is 0 Å². The predicted octanol–water partition coefficient (Wildman–Crippen LogP) is 1.73. The van der Waals surface area contributed by atoms with Crippen LogP contribution in [-0.4, -0.2) is 45.5 Å². The fraction of sp³-hybridized carbons (Fsp3) is 0.667. The Balaban J connectivity index is 1.52. The molecule has 2 aromatic rings. The first-order valence-electron chi connectivity index (χ1n) is 9.30. The van der Waals surface area contributed by atoms with Crippen LogP contribution in [0.1, 0.15) is 54.9 Å². The fourth-order valence-corrected chi connectivity index (χ4v) is 3.24. The van der Waals surface area contributed by atoms with E-state index in [1.54, 1.807) is 7.05 Å². The summed E-state index contributed by atoms with van der Waals surface area (Å²) in [5, 5.41) is 15.5. The molecule has 0 saturated heterocycles. The van der Waals surface area contributed by atoms with Crippen LogP contribution in [0.4, 0.5) is 0 Å². The van der Waals surface area contributed by atoms with Crippen LogP contribution in [0.15, 0.2) is 9.52 Å². The molecule has 3 rings (SSSR count). The highest BCUT2D eigenvalue weighted by atomic mass is 16.5. The Morgan fingerprint density at radius 1 is 1.38 bits per heavy atom. The van der Waals surface area contributed by atoms with Crippen LogP contribution in [-0.2, 0) is 19.4 Å². The van der Waals surface area contributed by atoms with Gasteiger partial charge >= 0.3 is 0 Å². The standard InChI is InChI=1S/C18H29N7O/c1-11(2)17-22-16-7-6-14(10-25(16)23-17)21-18(19-5)20-9-8-15-12(3)24-26-13(15)4/h11,14H,6-10H2,1-5H3,(H2,19,20,21). The van der Waals surface area contributed by atoms with Crippen LogP contribution >= 0.6 is 0 Å². The van der Waals surface area contributed by atoms with Gasteiger partial charge in [-0.2, -0.15) is 5.10 Å². The number of nitrogens with zero attached hydrogens (tertiary/aromatic N) is 5. The average Bonchev–Trinajstić information content (AvgIpc) is 3.18. The van der Waals surface area contributed by atoms with Gasteiger partial charge in [-0.05, 0) is 26.7 Å². The van der Waals surface area contributed by atoms with Crippen molar-refractivity contribution in [3.63, 3.8) is 0 Å². The first kappa shape index (κ1) is 18.4. The molecule has 1 aliphatic rings. The predicted molar refractivity (Wildman–Crippen MR) is 100 cm³/mol. The molecule has 8 heteroatoms. The van der Waals surface area contributed by atoms with Crippen LogP contribution in [0.3, 0.4) is 0 Å². The summed E-state index contributed by atoms with van der Waals surface area (Å²) in [5.74, 6) is 4.09. The van der Waals surface area contributed by atoms with E-state index in [1.165, 1.54) is 5.56 Å². The monoisotopic (exact) mass is 359 g/mol. The van der Waals surface area contributed by atoms with E-state index in [0.29, 0.717) is 12.0 Å². The van der Waals surface area contributed by atoms with Crippen molar-refractivity contribution in [2.45, 2.75) is 65.5 Å². The highest BCUT2D eigenvalue weighted by molar-refractivity contribution is 5.79. The second-order valence-electron chi connectivity index (χ2n) is 7.15. The molecule has 0 saturated carbocycles. The summed E-state index contributed by atoms with van der Waals surface area (Å²) in [6.07, 6.45) is 2.83. The summed E-state index contributed by atoms with van der Waals surface area (Å²) in [7, 11) is 1.80. The Hall–Kier alpha value is -2.38. The molecule has 8 nitrogen and oxygen atoms in total. The number of hydrogen-bond acceptors (Lipinski definition) is 5. The smallest absolute Gasteiger partial charge is 0.191 e. The second kappa shape index (κ2) is 7.88. The molecular formula is C18H29N7O. The van der Waals surface area contributed by atoms with Crippen molar-refractivity contribution >= 4 is 5.96 Å². The quantitative estimate of drug-likeness (QED) is 0.624. The SMILES string of the molecule is CN=C(NCCc1c(C)noc1C)NC1CCc2nc(C(C)C)nn2C1. The molecular weight excluding hydrogens is 330 g/mol. The van der Waals surface area contributed by atoms with Gasteiger partial charge in [0.25, 0.3) is 0 Å². The molecule has 1 atom stereocenters. The Bertz CT molecular complexity index is 755. The third-order valence-electron chi connectivity index (χ3n) is 4.80. The van der Waals surface area contributed by atoms with E-state index in [2.05, 4.69) is 44.7 Å². The van der Waals surface area contributed by atoms with Crippen molar-refractivity contribution in [2.24, 2.45) is 4.99 Å². The van der Waals surface area contributed by atoms with Gasteiger partial charge in [-0.15, -0.1) is 0 Å². The maximum atomic E-state index is 5.21. The molecule has 26 heavy (non-hydrogen) atoms. The third-order valence-corrected chi connectivity index (χ3v) is 4.80. The van der Waals surface area contributed by atoms with Gasteiger partial charge in [0.1, 0.15) is 11.6 Å². The lowest BCUT2D eigenvalue weighted by Gasteiger charge is -2.25. The number of aliphatic imine (C=N–C) groups is 1. The molecule has 0 aliphatic carbocycles. The van der Waals surface area contributed by atoms with E-state index in [0.717, 1.165) is 61.4 Å². The summed E-state index contributed by atoms with van der Waals surface area (Å²) < 4.78 is 7.25. The minimum absolute atomic E-state index is 0.300. The van der Waals surface area contributed by atoms with Gasteiger partial charge in [-0.3, -0.25) is 4.99 Å². The zero-order valence-corrected chi connectivity index (χ0v) is 16.3. The van der Waals surface area contributed by atoms with Crippen LogP contribution in [0.2, 0.25) is 0 Å². The van der Waals surface area contributed by atoms with Crippen LogP contribution in [0.5, 0.6) is 0 Å². The lowest BCUT2D eigenvalue weighted by molar-refractivity contribution is 0.391. The first-order valence-corrected chi connectivity index (χ1v) is 9.30. The lowest BCUT2D eigenvalue weighted by Crippen LogP contribution is -2.47. The lowest BCUT2D eigenvalue weighted by atomic mass is 10.1. The number of nitrogens with one attached hydrogen (secondary N) is 2. The molecule has 1 unspecified atom stereocenters. The number of aromatic nitrogens is 4. The highest BCUT2D eigenvalue weighted by Crippen LogP contribution is 2.17. The van der Waals surface area contributed by atoms with Gasteiger partial charge in [0, 0.05) is 37.5 Å². The summed E-state index contributed by atoms with van der Waals surface area (Å²) in [6.45, 7) is 9.78. The van der Waals surface area contributed by atoms with Crippen LogP contribution in [0, 0.1) is 13.8 Å². The zero-order chi connectivity index (χ0) is 18.7.